The van der Waals surface area contributed by atoms with Crippen LogP contribution >= 0.6 is 0 Å². The Bertz CT molecular complexity index is 1260. The van der Waals surface area contributed by atoms with E-state index in [4.69, 9.17) is 14.7 Å². The van der Waals surface area contributed by atoms with Crippen molar-refractivity contribution in [3.05, 3.63) is 96.6 Å². The van der Waals surface area contributed by atoms with E-state index in [0.29, 0.717) is 24.6 Å². The van der Waals surface area contributed by atoms with Crippen molar-refractivity contribution in [2.75, 3.05) is 13.7 Å². The molecule has 3 aromatic rings. The van der Waals surface area contributed by atoms with Crippen LogP contribution in [0.15, 0.2) is 96.0 Å². The minimum atomic E-state index is -0.554. The van der Waals surface area contributed by atoms with E-state index >= 15 is 0 Å². The zero-order valence-corrected chi connectivity index (χ0v) is 20.0. The van der Waals surface area contributed by atoms with Crippen LogP contribution in [-0.4, -0.2) is 40.3 Å². The Morgan fingerprint density at radius 1 is 1.00 bits per heavy atom. The molecule has 5 heteroatoms. The molecule has 174 valence electrons. The van der Waals surface area contributed by atoms with Gasteiger partial charge in [-0.15, -0.1) is 0 Å². The van der Waals surface area contributed by atoms with Crippen LogP contribution < -0.4 is 4.74 Å². The summed E-state index contributed by atoms with van der Waals surface area (Å²) in [4.78, 5) is 9.69. The Labute approximate surface area is 201 Å². The summed E-state index contributed by atoms with van der Waals surface area (Å²) in [6, 6.07) is 17.9. The molecule has 2 heterocycles. The molecule has 2 aromatic carbocycles. The minimum absolute atomic E-state index is 0.475. The van der Waals surface area contributed by atoms with Gasteiger partial charge >= 0.3 is 0 Å². The van der Waals surface area contributed by atoms with Crippen LogP contribution in [-0.2, 0) is 0 Å². The molecular weight excluding hydrogens is 422 g/mol. The lowest BCUT2D eigenvalue weighted by Gasteiger charge is -2.31. The van der Waals surface area contributed by atoms with Gasteiger partial charge in [-0.3, -0.25) is 10.2 Å². The fraction of sp³-hybridized carbons (Fsp3) is 0.241. The largest absolute Gasteiger partial charge is 0.494 e. The molecule has 0 fully saturated rings. The van der Waals surface area contributed by atoms with E-state index in [-0.39, 0.29) is 0 Å². The number of allylic oxidation sites excluding steroid dienone is 5. The highest BCUT2D eigenvalue weighted by Crippen LogP contribution is 2.39. The maximum atomic E-state index is 11.3. The molecule has 0 amide bonds. The Balaban J connectivity index is 1.72. The molecule has 1 atom stereocenters. The van der Waals surface area contributed by atoms with Gasteiger partial charge in [0.05, 0.1) is 30.3 Å². The number of aromatic nitrogens is 1. The van der Waals surface area contributed by atoms with Gasteiger partial charge in [-0.05, 0) is 25.8 Å². The monoisotopic (exact) mass is 453 g/mol. The van der Waals surface area contributed by atoms with Gasteiger partial charge < -0.3 is 4.74 Å². The summed E-state index contributed by atoms with van der Waals surface area (Å²) in [5, 5.41) is 13.5. The second-order valence-corrected chi connectivity index (χ2v) is 8.55. The van der Waals surface area contributed by atoms with Gasteiger partial charge in [-0.1, -0.05) is 91.9 Å². The number of rotatable bonds is 8. The minimum Gasteiger partial charge on any atom is -0.494 e. The average molecular weight is 454 g/mol. The third kappa shape index (κ3) is 4.66. The van der Waals surface area contributed by atoms with Crippen molar-refractivity contribution in [3.8, 4) is 17.0 Å². The van der Waals surface area contributed by atoms with E-state index in [1.165, 1.54) is 5.06 Å². The zero-order chi connectivity index (χ0) is 24.0. The van der Waals surface area contributed by atoms with Crippen LogP contribution in [0.3, 0.4) is 0 Å². The number of ether oxygens (including phenoxy) is 1. The molecule has 1 aliphatic rings. The van der Waals surface area contributed by atoms with Crippen molar-refractivity contribution in [1.82, 2.24) is 10.0 Å². The number of fused-ring (bicyclic) bond motifs is 1. The van der Waals surface area contributed by atoms with Crippen molar-refractivity contribution in [3.63, 3.8) is 0 Å². The molecule has 1 aliphatic heterocycles. The standard InChI is InChI=1S/C29H31N3O2/c1-4-5-6-7-8-9-15-20-29(2)21-30-28(32(29)33)25-23-18-13-14-19-24(23)31-26(27(25)34-3)22-16-11-10-12-17-22/h5-19,33H,4,20-21H2,1-3H3/b6-5+,8-7-,15-9-. The highest BCUT2D eigenvalue weighted by molar-refractivity contribution is 6.13. The van der Waals surface area contributed by atoms with Crippen molar-refractivity contribution >= 4 is 16.7 Å². The van der Waals surface area contributed by atoms with Crippen LogP contribution in [0, 0.1) is 0 Å². The maximum absolute atomic E-state index is 11.3. The number of benzene rings is 2. The lowest BCUT2D eigenvalue weighted by molar-refractivity contribution is -0.0832. The summed E-state index contributed by atoms with van der Waals surface area (Å²) < 4.78 is 5.90. The maximum Gasteiger partial charge on any atom is 0.160 e. The first-order valence-corrected chi connectivity index (χ1v) is 11.6. The SMILES string of the molecule is CC/C=C/C=C\C=C/CC1(C)CN=C(c2c(OC)c(-c3ccccc3)nc3ccccc23)N1O. The molecule has 5 nitrogen and oxygen atoms in total. The van der Waals surface area contributed by atoms with Gasteiger partial charge in [0.25, 0.3) is 0 Å². The van der Waals surface area contributed by atoms with Gasteiger partial charge in [-0.2, -0.15) is 0 Å². The van der Waals surface area contributed by atoms with Gasteiger partial charge in [0.2, 0.25) is 0 Å². The molecule has 1 N–H and O–H groups in total. The Kier molecular flexibility index (Phi) is 7.24. The Morgan fingerprint density at radius 3 is 2.44 bits per heavy atom. The average Bonchev–Trinajstić information content (AvgIpc) is 3.16. The number of hydrogen-bond donors (Lipinski definition) is 1. The summed E-state index contributed by atoms with van der Waals surface area (Å²) in [5.41, 5.74) is 2.70. The fourth-order valence-electron chi connectivity index (χ4n) is 4.12. The van der Waals surface area contributed by atoms with E-state index in [2.05, 4.69) is 19.1 Å². The highest BCUT2D eigenvalue weighted by Gasteiger charge is 2.40. The molecule has 1 aromatic heterocycles. The lowest BCUT2D eigenvalue weighted by atomic mass is 9.97. The van der Waals surface area contributed by atoms with E-state index in [1.54, 1.807) is 7.11 Å². The van der Waals surface area contributed by atoms with Crippen LogP contribution in [0.25, 0.3) is 22.2 Å². The third-order valence-electron chi connectivity index (χ3n) is 6.00. The Hall–Kier alpha value is -3.70. The quantitative estimate of drug-likeness (QED) is 0.391. The van der Waals surface area contributed by atoms with Gasteiger partial charge in [0.15, 0.2) is 11.6 Å². The van der Waals surface area contributed by atoms with Crippen LogP contribution in [0.4, 0.5) is 0 Å². The molecule has 1 unspecified atom stereocenters. The number of hydroxylamine groups is 2. The van der Waals surface area contributed by atoms with Crippen molar-refractivity contribution in [2.45, 2.75) is 32.2 Å². The van der Waals surface area contributed by atoms with E-state index in [9.17, 15) is 5.21 Å². The van der Waals surface area contributed by atoms with Gasteiger partial charge in [0.1, 0.15) is 5.69 Å². The topological polar surface area (TPSA) is 58.0 Å². The molecule has 0 radical (unpaired) electrons. The molecule has 0 bridgehead atoms. The summed E-state index contributed by atoms with van der Waals surface area (Å²) >= 11 is 0. The first-order chi connectivity index (χ1) is 16.6. The smallest absolute Gasteiger partial charge is 0.160 e. The number of methoxy groups -OCH3 is 1. The second-order valence-electron chi connectivity index (χ2n) is 8.55. The molecule has 0 aliphatic carbocycles. The summed E-state index contributed by atoms with van der Waals surface area (Å²) in [5.74, 6) is 1.11. The van der Waals surface area contributed by atoms with Crippen LogP contribution in [0.2, 0.25) is 0 Å². The van der Waals surface area contributed by atoms with Crippen LogP contribution in [0.1, 0.15) is 32.3 Å². The summed E-state index contributed by atoms with van der Waals surface area (Å²) in [6.07, 6.45) is 13.9. The number of aliphatic imine (C=N–C) groups is 1. The number of pyridine rings is 1. The number of amidine groups is 1. The predicted molar refractivity (Wildman–Crippen MR) is 139 cm³/mol. The third-order valence-corrected chi connectivity index (χ3v) is 6.00. The first-order valence-electron chi connectivity index (χ1n) is 11.6. The summed E-state index contributed by atoms with van der Waals surface area (Å²) in [6.45, 7) is 4.60. The van der Waals surface area contributed by atoms with E-state index in [0.717, 1.165) is 34.1 Å². The highest BCUT2D eigenvalue weighted by atomic mass is 16.5. The molecule has 0 saturated carbocycles. The predicted octanol–water partition coefficient (Wildman–Crippen LogP) is 6.59. The number of nitrogens with zero attached hydrogens (tertiary/aromatic N) is 3. The van der Waals surface area contributed by atoms with Gasteiger partial charge in [0, 0.05) is 10.9 Å². The van der Waals surface area contributed by atoms with E-state index in [1.807, 2.05) is 85.8 Å². The zero-order valence-electron chi connectivity index (χ0n) is 20.0. The van der Waals surface area contributed by atoms with Crippen molar-refractivity contribution < 1.29 is 9.94 Å². The normalized spacial score (nSPS) is 18.6. The lowest BCUT2D eigenvalue weighted by Crippen LogP contribution is -2.44. The van der Waals surface area contributed by atoms with E-state index < -0.39 is 5.54 Å². The second kappa shape index (κ2) is 10.5. The molecular formula is C29H31N3O2. The van der Waals surface area contributed by atoms with Crippen LogP contribution in [0.5, 0.6) is 5.75 Å². The molecule has 34 heavy (non-hydrogen) atoms. The number of hydrogen-bond acceptors (Lipinski definition) is 5. The Morgan fingerprint density at radius 2 is 1.71 bits per heavy atom. The van der Waals surface area contributed by atoms with Gasteiger partial charge in [-0.25, -0.2) is 10.0 Å². The first kappa shape index (κ1) is 23.5. The van der Waals surface area contributed by atoms with Crippen molar-refractivity contribution in [2.24, 2.45) is 4.99 Å². The number of para-hydroxylation sites is 1. The molecule has 0 spiro atoms. The molecule has 4 rings (SSSR count). The summed E-state index contributed by atoms with van der Waals surface area (Å²) in [7, 11) is 1.64. The van der Waals surface area contributed by atoms with Crippen molar-refractivity contribution in [1.29, 1.82) is 0 Å². The molecule has 0 saturated heterocycles. The fourth-order valence-corrected chi connectivity index (χ4v) is 4.12.